The van der Waals surface area contributed by atoms with Crippen LogP contribution in [0.15, 0.2) is 18.2 Å². The first-order valence-corrected chi connectivity index (χ1v) is 6.43. The topological polar surface area (TPSA) is 64.9 Å². The Morgan fingerprint density at radius 1 is 1.40 bits per heavy atom. The third kappa shape index (κ3) is 3.30. The molecule has 1 aromatic heterocycles. The molecule has 1 aromatic carbocycles. The molecule has 20 heavy (non-hydrogen) atoms. The van der Waals surface area contributed by atoms with Crippen LogP contribution in [0.5, 0.6) is 5.75 Å². The molecule has 1 heterocycles. The number of tetrazole rings is 1. The lowest BCUT2D eigenvalue weighted by atomic mass is 10.2. The Hall–Kier alpha value is -2.02. The van der Waals surface area contributed by atoms with Crippen molar-refractivity contribution in [3.63, 3.8) is 0 Å². The van der Waals surface area contributed by atoms with Crippen LogP contribution in [0, 0.1) is 11.7 Å². The number of nitrogens with one attached hydrogen (secondary N) is 1. The van der Waals surface area contributed by atoms with Gasteiger partial charge >= 0.3 is 0 Å². The molecule has 2 rings (SSSR count). The van der Waals surface area contributed by atoms with E-state index in [1.165, 1.54) is 19.2 Å². The number of hydrogen-bond acceptors (Lipinski definition) is 5. The molecule has 0 aliphatic carbocycles. The van der Waals surface area contributed by atoms with E-state index in [4.69, 9.17) is 4.74 Å². The van der Waals surface area contributed by atoms with Crippen LogP contribution in [0.25, 0.3) is 5.69 Å². The largest absolute Gasteiger partial charge is 0.494 e. The lowest BCUT2D eigenvalue weighted by Crippen LogP contribution is -2.21. The Morgan fingerprint density at radius 2 is 2.20 bits per heavy atom. The first kappa shape index (κ1) is 14.4. The lowest BCUT2D eigenvalue weighted by Gasteiger charge is -2.10. The molecule has 0 bridgehead atoms. The highest BCUT2D eigenvalue weighted by Crippen LogP contribution is 2.23. The fourth-order valence-electron chi connectivity index (χ4n) is 1.80. The lowest BCUT2D eigenvalue weighted by molar-refractivity contribution is 0.407. The van der Waals surface area contributed by atoms with Gasteiger partial charge in [-0.2, -0.15) is 4.68 Å². The van der Waals surface area contributed by atoms with E-state index in [9.17, 15) is 4.39 Å². The second kappa shape index (κ2) is 6.42. The van der Waals surface area contributed by atoms with E-state index < -0.39 is 0 Å². The third-order valence-corrected chi connectivity index (χ3v) is 2.74. The van der Waals surface area contributed by atoms with Crippen LogP contribution in [-0.2, 0) is 6.54 Å². The Kier molecular flexibility index (Phi) is 4.62. The molecule has 0 spiro atoms. The minimum atomic E-state index is -0.363. The van der Waals surface area contributed by atoms with Gasteiger partial charge in [-0.3, -0.25) is 0 Å². The summed E-state index contributed by atoms with van der Waals surface area (Å²) in [6.07, 6.45) is 0. The second-order valence-electron chi connectivity index (χ2n) is 4.85. The summed E-state index contributed by atoms with van der Waals surface area (Å²) < 4.78 is 19.9. The summed E-state index contributed by atoms with van der Waals surface area (Å²) in [7, 11) is 1.49. The Balaban J connectivity index is 2.23. The minimum Gasteiger partial charge on any atom is -0.494 e. The molecule has 7 heteroatoms. The first-order valence-electron chi connectivity index (χ1n) is 6.43. The van der Waals surface area contributed by atoms with Crippen molar-refractivity contribution in [3.05, 3.63) is 29.8 Å². The average molecular weight is 279 g/mol. The normalized spacial score (nSPS) is 11.1. The molecule has 0 aliphatic rings. The van der Waals surface area contributed by atoms with Gasteiger partial charge in [0.2, 0.25) is 0 Å². The van der Waals surface area contributed by atoms with E-state index in [2.05, 4.69) is 34.7 Å². The quantitative estimate of drug-likeness (QED) is 0.869. The molecular formula is C13H18FN5O. The Bertz CT molecular complexity index is 570. The monoisotopic (exact) mass is 279 g/mol. The molecule has 2 aromatic rings. The van der Waals surface area contributed by atoms with Gasteiger partial charge in [-0.05, 0) is 35.0 Å². The maximum absolute atomic E-state index is 13.2. The molecule has 0 amide bonds. The zero-order valence-corrected chi connectivity index (χ0v) is 11.8. The van der Waals surface area contributed by atoms with Gasteiger partial charge in [-0.25, -0.2) is 4.39 Å². The summed E-state index contributed by atoms with van der Waals surface area (Å²) in [5.41, 5.74) is 0.611. The SMILES string of the molecule is COc1cc(F)ccc1-n1nnnc1CNCC(C)C. The zero-order chi connectivity index (χ0) is 14.5. The average Bonchev–Trinajstić information content (AvgIpc) is 2.86. The number of ether oxygens (including phenoxy) is 1. The highest BCUT2D eigenvalue weighted by Gasteiger charge is 2.13. The van der Waals surface area contributed by atoms with Crippen LogP contribution in [0.4, 0.5) is 4.39 Å². The molecule has 6 nitrogen and oxygen atoms in total. The minimum absolute atomic E-state index is 0.363. The van der Waals surface area contributed by atoms with Gasteiger partial charge < -0.3 is 10.1 Å². The highest BCUT2D eigenvalue weighted by atomic mass is 19.1. The number of hydrogen-bond donors (Lipinski definition) is 1. The summed E-state index contributed by atoms with van der Waals surface area (Å²) in [4.78, 5) is 0. The molecule has 0 aliphatic heterocycles. The van der Waals surface area contributed by atoms with Crippen molar-refractivity contribution in [2.75, 3.05) is 13.7 Å². The maximum Gasteiger partial charge on any atom is 0.170 e. The number of aromatic nitrogens is 4. The second-order valence-corrected chi connectivity index (χ2v) is 4.85. The predicted molar refractivity (Wildman–Crippen MR) is 72.2 cm³/mol. The van der Waals surface area contributed by atoms with Gasteiger partial charge in [0.25, 0.3) is 0 Å². The molecular weight excluding hydrogens is 261 g/mol. The summed E-state index contributed by atoms with van der Waals surface area (Å²) in [6, 6.07) is 4.25. The van der Waals surface area contributed by atoms with Crippen LogP contribution in [0.2, 0.25) is 0 Å². The van der Waals surface area contributed by atoms with Gasteiger partial charge in [0, 0.05) is 6.07 Å². The van der Waals surface area contributed by atoms with Crippen molar-refractivity contribution in [1.29, 1.82) is 0 Å². The van der Waals surface area contributed by atoms with Crippen molar-refractivity contribution in [3.8, 4) is 11.4 Å². The van der Waals surface area contributed by atoms with Crippen LogP contribution in [0.3, 0.4) is 0 Å². The van der Waals surface area contributed by atoms with Crippen LogP contribution in [0.1, 0.15) is 19.7 Å². The molecule has 0 saturated heterocycles. The standard InChI is InChI=1S/C13H18FN5O/c1-9(2)7-15-8-13-16-17-18-19(13)11-5-4-10(14)6-12(11)20-3/h4-6,9,15H,7-8H2,1-3H3. The Morgan fingerprint density at radius 3 is 2.90 bits per heavy atom. The molecule has 0 unspecified atom stereocenters. The van der Waals surface area contributed by atoms with Gasteiger partial charge in [-0.1, -0.05) is 13.8 Å². The van der Waals surface area contributed by atoms with E-state index in [-0.39, 0.29) is 5.82 Å². The number of methoxy groups -OCH3 is 1. The zero-order valence-electron chi connectivity index (χ0n) is 11.8. The molecule has 0 fully saturated rings. The smallest absolute Gasteiger partial charge is 0.170 e. The maximum atomic E-state index is 13.2. The fourth-order valence-corrected chi connectivity index (χ4v) is 1.80. The van der Waals surface area contributed by atoms with Crippen LogP contribution >= 0.6 is 0 Å². The van der Waals surface area contributed by atoms with E-state index in [0.717, 1.165) is 6.54 Å². The molecule has 1 N–H and O–H groups in total. The van der Waals surface area contributed by atoms with E-state index in [1.807, 2.05) is 0 Å². The fraction of sp³-hybridized carbons (Fsp3) is 0.462. The number of benzene rings is 1. The predicted octanol–water partition coefficient (Wildman–Crippen LogP) is 1.56. The molecule has 0 saturated carbocycles. The van der Waals surface area contributed by atoms with Crippen molar-refractivity contribution < 1.29 is 9.13 Å². The van der Waals surface area contributed by atoms with Crippen LogP contribution < -0.4 is 10.1 Å². The van der Waals surface area contributed by atoms with Gasteiger partial charge in [-0.15, -0.1) is 5.10 Å². The molecule has 108 valence electrons. The summed E-state index contributed by atoms with van der Waals surface area (Å²) in [5, 5.41) is 14.8. The highest BCUT2D eigenvalue weighted by molar-refractivity contribution is 5.46. The van der Waals surface area contributed by atoms with E-state index in [0.29, 0.717) is 29.7 Å². The number of rotatable bonds is 6. The van der Waals surface area contributed by atoms with Gasteiger partial charge in [0.1, 0.15) is 17.3 Å². The summed E-state index contributed by atoms with van der Waals surface area (Å²) in [5.74, 6) is 1.22. The van der Waals surface area contributed by atoms with Crippen molar-refractivity contribution in [2.24, 2.45) is 5.92 Å². The van der Waals surface area contributed by atoms with Crippen LogP contribution in [-0.4, -0.2) is 33.9 Å². The van der Waals surface area contributed by atoms with Crippen molar-refractivity contribution in [1.82, 2.24) is 25.5 Å². The number of nitrogens with zero attached hydrogens (tertiary/aromatic N) is 4. The summed E-state index contributed by atoms with van der Waals surface area (Å²) >= 11 is 0. The van der Waals surface area contributed by atoms with Gasteiger partial charge in [0.15, 0.2) is 5.82 Å². The molecule has 0 radical (unpaired) electrons. The van der Waals surface area contributed by atoms with Crippen molar-refractivity contribution >= 4 is 0 Å². The first-order chi connectivity index (χ1) is 9.61. The molecule has 0 atom stereocenters. The number of halogens is 1. The van der Waals surface area contributed by atoms with E-state index >= 15 is 0 Å². The Labute approximate surface area is 116 Å². The van der Waals surface area contributed by atoms with Crippen molar-refractivity contribution in [2.45, 2.75) is 20.4 Å². The third-order valence-electron chi connectivity index (χ3n) is 2.74. The van der Waals surface area contributed by atoms with E-state index in [1.54, 1.807) is 10.7 Å². The van der Waals surface area contributed by atoms with Gasteiger partial charge in [0.05, 0.1) is 13.7 Å². The summed E-state index contributed by atoms with van der Waals surface area (Å²) in [6.45, 7) is 5.65.